The zero-order chi connectivity index (χ0) is 11.3. The molecule has 1 rings (SSSR count). The molecule has 2 N–H and O–H groups in total. The summed E-state index contributed by atoms with van der Waals surface area (Å²) in [7, 11) is 0. The van der Waals surface area contributed by atoms with Crippen molar-refractivity contribution in [2.75, 3.05) is 0 Å². The van der Waals surface area contributed by atoms with Crippen LogP contribution >= 0.6 is 0 Å². The summed E-state index contributed by atoms with van der Waals surface area (Å²) in [5, 5.41) is 18.4. The first-order valence-corrected chi connectivity index (χ1v) is 5.12. The van der Waals surface area contributed by atoms with Crippen LogP contribution in [0, 0.1) is 0 Å². The summed E-state index contributed by atoms with van der Waals surface area (Å²) in [6, 6.07) is 7.13. The number of benzene rings is 1. The Hall–Kier alpha value is -1.35. The molecule has 1 unspecified atom stereocenters. The van der Waals surface area contributed by atoms with Gasteiger partial charge in [-0.1, -0.05) is 37.6 Å². The number of carboxylic acid groups (broad SMARTS) is 1. The van der Waals surface area contributed by atoms with E-state index < -0.39 is 12.1 Å². The first kappa shape index (κ1) is 11.7. The summed E-state index contributed by atoms with van der Waals surface area (Å²) >= 11 is 0. The Labute approximate surface area is 89.4 Å². The monoisotopic (exact) mass is 208 g/mol. The van der Waals surface area contributed by atoms with Gasteiger partial charge >= 0.3 is 5.97 Å². The van der Waals surface area contributed by atoms with Gasteiger partial charge in [0.05, 0.1) is 12.5 Å². The maximum atomic E-state index is 10.5. The summed E-state index contributed by atoms with van der Waals surface area (Å²) in [6.45, 7) is 2.00. The molecule has 0 fully saturated rings. The average Bonchev–Trinajstić information content (AvgIpc) is 2.17. The first-order chi connectivity index (χ1) is 7.13. The number of carboxylic acids is 1. The molecule has 0 heterocycles. The lowest BCUT2D eigenvalue weighted by Crippen LogP contribution is -2.02. The molecule has 15 heavy (non-hydrogen) atoms. The molecule has 0 spiro atoms. The molecule has 0 aliphatic rings. The highest BCUT2D eigenvalue weighted by molar-refractivity contribution is 5.70. The molecule has 1 atom stereocenters. The van der Waals surface area contributed by atoms with Gasteiger partial charge < -0.3 is 10.2 Å². The molecular formula is C12H16O3. The van der Waals surface area contributed by atoms with Crippen LogP contribution < -0.4 is 0 Å². The molecular weight excluding hydrogens is 192 g/mol. The smallest absolute Gasteiger partial charge is 0.307 e. The second kappa shape index (κ2) is 5.51. The lowest BCUT2D eigenvalue weighted by atomic mass is 10.0. The molecule has 0 aromatic heterocycles. The van der Waals surface area contributed by atoms with Gasteiger partial charge in [-0.15, -0.1) is 0 Å². The Morgan fingerprint density at radius 3 is 2.80 bits per heavy atom. The molecule has 0 bridgehead atoms. The number of aliphatic hydroxyl groups is 1. The zero-order valence-electron chi connectivity index (χ0n) is 8.81. The van der Waals surface area contributed by atoms with Crippen LogP contribution in [0.3, 0.4) is 0 Å². The van der Waals surface area contributed by atoms with Gasteiger partial charge in [0.15, 0.2) is 0 Å². The summed E-state index contributed by atoms with van der Waals surface area (Å²) in [5.41, 5.74) is 1.53. The third-order valence-electron chi connectivity index (χ3n) is 2.25. The number of carbonyl (C=O) groups is 1. The van der Waals surface area contributed by atoms with Crippen LogP contribution in [0.1, 0.15) is 37.0 Å². The summed E-state index contributed by atoms with van der Waals surface area (Å²) in [6.07, 6.45) is 1.14. The average molecular weight is 208 g/mol. The van der Waals surface area contributed by atoms with Gasteiger partial charge in [-0.3, -0.25) is 4.79 Å². The maximum absolute atomic E-state index is 10.5. The molecule has 0 amide bonds. The van der Waals surface area contributed by atoms with Gasteiger partial charge in [0, 0.05) is 0 Å². The fraction of sp³-hybridized carbons (Fsp3) is 0.417. The fourth-order valence-corrected chi connectivity index (χ4v) is 1.53. The molecule has 0 radical (unpaired) electrons. The van der Waals surface area contributed by atoms with Gasteiger partial charge in [0.2, 0.25) is 0 Å². The predicted octanol–water partition coefficient (Wildman–Crippen LogP) is 2.15. The van der Waals surface area contributed by atoms with Crippen LogP contribution in [0.4, 0.5) is 0 Å². The topological polar surface area (TPSA) is 57.5 Å². The van der Waals surface area contributed by atoms with E-state index in [9.17, 15) is 9.90 Å². The molecule has 1 aromatic carbocycles. The first-order valence-electron chi connectivity index (χ1n) is 5.12. The van der Waals surface area contributed by atoms with Gasteiger partial charge in [-0.25, -0.2) is 0 Å². The third-order valence-corrected chi connectivity index (χ3v) is 2.25. The number of rotatable bonds is 5. The minimum absolute atomic E-state index is 0.00663. The van der Waals surface area contributed by atoms with Crippen LogP contribution in [0.15, 0.2) is 24.3 Å². The van der Waals surface area contributed by atoms with Crippen LogP contribution in [0.5, 0.6) is 0 Å². The van der Waals surface area contributed by atoms with E-state index in [1.807, 2.05) is 13.0 Å². The van der Waals surface area contributed by atoms with E-state index in [2.05, 4.69) is 0 Å². The van der Waals surface area contributed by atoms with Crippen molar-refractivity contribution in [3.05, 3.63) is 35.4 Å². The van der Waals surface area contributed by atoms with E-state index in [-0.39, 0.29) is 6.42 Å². The fourth-order valence-electron chi connectivity index (χ4n) is 1.53. The molecule has 0 aliphatic carbocycles. The summed E-state index contributed by atoms with van der Waals surface area (Å²) in [4.78, 5) is 10.5. The van der Waals surface area contributed by atoms with Crippen molar-refractivity contribution in [1.82, 2.24) is 0 Å². The van der Waals surface area contributed by atoms with Crippen molar-refractivity contribution in [3.8, 4) is 0 Å². The van der Waals surface area contributed by atoms with Crippen molar-refractivity contribution >= 4 is 5.97 Å². The third kappa shape index (κ3) is 3.72. The Morgan fingerprint density at radius 2 is 2.20 bits per heavy atom. The molecule has 3 nitrogen and oxygen atoms in total. The Balaban J connectivity index is 2.77. The SMILES string of the molecule is CCCC(O)c1cccc(CC(=O)O)c1. The van der Waals surface area contributed by atoms with Gasteiger partial charge in [0.1, 0.15) is 0 Å². The standard InChI is InChI=1S/C12H16O3/c1-2-4-11(13)10-6-3-5-9(7-10)8-12(14)15/h3,5-7,11,13H,2,4,8H2,1H3,(H,14,15). The number of hydrogen-bond donors (Lipinski definition) is 2. The Kier molecular flexibility index (Phi) is 4.31. The Bertz CT molecular complexity index is 333. The lowest BCUT2D eigenvalue weighted by Gasteiger charge is -2.10. The van der Waals surface area contributed by atoms with Gasteiger partial charge in [-0.2, -0.15) is 0 Å². The largest absolute Gasteiger partial charge is 0.481 e. The molecule has 0 aliphatic heterocycles. The second-order valence-electron chi connectivity index (χ2n) is 3.62. The van der Waals surface area contributed by atoms with Crippen molar-refractivity contribution in [2.24, 2.45) is 0 Å². The highest BCUT2D eigenvalue weighted by Gasteiger charge is 2.07. The van der Waals surface area contributed by atoms with E-state index in [1.54, 1.807) is 18.2 Å². The summed E-state index contributed by atoms with van der Waals surface area (Å²) < 4.78 is 0. The van der Waals surface area contributed by atoms with Gasteiger partial charge in [-0.05, 0) is 17.5 Å². The normalized spacial score (nSPS) is 12.4. The molecule has 3 heteroatoms. The maximum Gasteiger partial charge on any atom is 0.307 e. The van der Waals surface area contributed by atoms with Crippen LogP contribution in [-0.2, 0) is 11.2 Å². The highest BCUT2D eigenvalue weighted by Crippen LogP contribution is 2.19. The van der Waals surface area contributed by atoms with Crippen molar-refractivity contribution in [3.63, 3.8) is 0 Å². The van der Waals surface area contributed by atoms with E-state index in [1.165, 1.54) is 0 Å². The molecule has 0 saturated carbocycles. The molecule has 0 saturated heterocycles. The quantitative estimate of drug-likeness (QED) is 0.779. The molecule has 82 valence electrons. The minimum atomic E-state index is -0.850. The lowest BCUT2D eigenvalue weighted by molar-refractivity contribution is -0.136. The van der Waals surface area contributed by atoms with Crippen molar-refractivity contribution in [1.29, 1.82) is 0 Å². The second-order valence-corrected chi connectivity index (χ2v) is 3.62. The number of aliphatic hydroxyl groups excluding tert-OH is 1. The van der Waals surface area contributed by atoms with E-state index in [0.717, 1.165) is 17.5 Å². The highest BCUT2D eigenvalue weighted by atomic mass is 16.4. The number of aliphatic carboxylic acids is 1. The van der Waals surface area contributed by atoms with Gasteiger partial charge in [0.25, 0.3) is 0 Å². The Morgan fingerprint density at radius 1 is 1.47 bits per heavy atom. The van der Waals surface area contributed by atoms with Crippen LogP contribution in [-0.4, -0.2) is 16.2 Å². The molecule has 1 aromatic rings. The summed E-state index contributed by atoms with van der Waals surface area (Å²) in [5.74, 6) is -0.850. The number of hydrogen-bond acceptors (Lipinski definition) is 2. The van der Waals surface area contributed by atoms with Crippen LogP contribution in [0.25, 0.3) is 0 Å². The van der Waals surface area contributed by atoms with E-state index in [4.69, 9.17) is 5.11 Å². The minimum Gasteiger partial charge on any atom is -0.481 e. The van der Waals surface area contributed by atoms with E-state index >= 15 is 0 Å². The predicted molar refractivity (Wildman–Crippen MR) is 57.6 cm³/mol. The van der Waals surface area contributed by atoms with E-state index in [0.29, 0.717) is 6.42 Å². The zero-order valence-corrected chi connectivity index (χ0v) is 8.81. The van der Waals surface area contributed by atoms with Crippen LogP contribution in [0.2, 0.25) is 0 Å². The van der Waals surface area contributed by atoms with Crippen molar-refractivity contribution < 1.29 is 15.0 Å². The van der Waals surface area contributed by atoms with Crippen molar-refractivity contribution in [2.45, 2.75) is 32.3 Å².